The minimum atomic E-state index is -1.17. The van der Waals surface area contributed by atoms with E-state index in [2.05, 4.69) is 20.9 Å². The second kappa shape index (κ2) is 10.4. The van der Waals surface area contributed by atoms with Gasteiger partial charge < -0.3 is 20.9 Å². The van der Waals surface area contributed by atoms with E-state index in [-0.39, 0.29) is 0 Å². The SMILES string of the molecule is C[C@H](NC(=O)Nc1ccc(Cl)cc1)C(=O)N[C@H]1N=C(c2ccccc2)c2ccccc2N(C)C1=O. The van der Waals surface area contributed by atoms with Crippen LogP contribution in [-0.4, -0.2) is 42.8 Å². The van der Waals surface area contributed by atoms with Gasteiger partial charge in [-0.15, -0.1) is 0 Å². The molecule has 0 saturated carbocycles. The Morgan fingerprint density at radius 1 is 0.971 bits per heavy atom. The van der Waals surface area contributed by atoms with Crippen molar-refractivity contribution in [3.8, 4) is 0 Å². The van der Waals surface area contributed by atoms with Crippen LogP contribution in [0.5, 0.6) is 0 Å². The molecule has 1 heterocycles. The molecule has 0 aliphatic carbocycles. The van der Waals surface area contributed by atoms with Gasteiger partial charge in [0.2, 0.25) is 12.1 Å². The molecule has 0 fully saturated rings. The highest BCUT2D eigenvalue weighted by atomic mass is 35.5. The molecule has 8 nitrogen and oxygen atoms in total. The standard InChI is InChI=1S/C26H24ClN5O3/c1-16(28-26(35)29-19-14-12-18(27)13-15-19)24(33)31-23-25(34)32(2)21-11-7-6-10-20(21)22(30-23)17-8-4-3-5-9-17/h3-16,23H,1-2H3,(H,31,33)(H2,28,29,35)/t16-,23+/m0/s1. The number of likely N-dealkylation sites (N-methyl/N-ethyl adjacent to an activating group) is 1. The van der Waals surface area contributed by atoms with E-state index < -0.39 is 30.1 Å². The minimum absolute atomic E-state index is 0.394. The molecule has 9 heteroatoms. The summed E-state index contributed by atoms with van der Waals surface area (Å²) in [5.74, 6) is -0.945. The molecule has 0 bridgehead atoms. The van der Waals surface area contributed by atoms with E-state index in [1.54, 1.807) is 31.3 Å². The maximum Gasteiger partial charge on any atom is 0.319 e. The normalized spacial score (nSPS) is 15.9. The molecule has 4 rings (SSSR count). The van der Waals surface area contributed by atoms with Gasteiger partial charge in [0.25, 0.3) is 5.91 Å². The third kappa shape index (κ3) is 5.50. The Labute approximate surface area is 208 Å². The summed E-state index contributed by atoms with van der Waals surface area (Å²) in [5, 5.41) is 8.41. The second-order valence-electron chi connectivity index (χ2n) is 8.00. The van der Waals surface area contributed by atoms with E-state index >= 15 is 0 Å². The average Bonchev–Trinajstić information content (AvgIpc) is 2.96. The maximum absolute atomic E-state index is 13.2. The van der Waals surface area contributed by atoms with Gasteiger partial charge in [-0.05, 0) is 37.3 Å². The molecule has 2 atom stereocenters. The molecular formula is C26H24ClN5O3. The zero-order valence-corrected chi connectivity index (χ0v) is 19.9. The van der Waals surface area contributed by atoms with Gasteiger partial charge in [0.1, 0.15) is 6.04 Å². The minimum Gasteiger partial charge on any atom is -0.326 e. The molecule has 3 aromatic carbocycles. The lowest BCUT2D eigenvalue weighted by atomic mass is 10.0. The number of carbonyl (C=O) groups excluding carboxylic acids is 3. The summed E-state index contributed by atoms with van der Waals surface area (Å²) < 4.78 is 0. The fraction of sp³-hybridized carbons (Fsp3) is 0.154. The molecule has 4 amide bonds. The topological polar surface area (TPSA) is 103 Å². The van der Waals surface area contributed by atoms with Crippen LogP contribution >= 0.6 is 11.6 Å². The van der Waals surface area contributed by atoms with Crippen LogP contribution in [0.1, 0.15) is 18.1 Å². The van der Waals surface area contributed by atoms with Crippen molar-refractivity contribution in [1.82, 2.24) is 10.6 Å². The number of benzodiazepines with no additional fused rings is 1. The molecule has 3 N–H and O–H groups in total. The molecule has 1 aliphatic heterocycles. The number of aliphatic imine (C=N–C) groups is 1. The molecule has 0 aromatic heterocycles. The van der Waals surface area contributed by atoms with Crippen LogP contribution < -0.4 is 20.9 Å². The number of hydrogen-bond acceptors (Lipinski definition) is 4. The number of amides is 4. The number of urea groups is 1. The van der Waals surface area contributed by atoms with Gasteiger partial charge in [-0.3, -0.25) is 9.59 Å². The van der Waals surface area contributed by atoms with Crippen molar-refractivity contribution in [1.29, 1.82) is 0 Å². The van der Waals surface area contributed by atoms with Gasteiger partial charge in [-0.25, -0.2) is 9.79 Å². The van der Waals surface area contributed by atoms with E-state index in [0.717, 1.165) is 11.1 Å². The predicted octanol–water partition coefficient (Wildman–Crippen LogP) is 3.81. The van der Waals surface area contributed by atoms with Crippen LogP contribution in [0.25, 0.3) is 0 Å². The van der Waals surface area contributed by atoms with E-state index in [0.29, 0.717) is 22.1 Å². The lowest BCUT2D eigenvalue weighted by Crippen LogP contribution is -2.52. The Bertz CT molecular complexity index is 1280. The number of hydrogen-bond donors (Lipinski definition) is 3. The summed E-state index contributed by atoms with van der Waals surface area (Å²) in [4.78, 5) is 44.6. The summed E-state index contributed by atoms with van der Waals surface area (Å²) in [6.45, 7) is 1.53. The number of nitrogens with one attached hydrogen (secondary N) is 3. The molecule has 35 heavy (non-hydrogen) atoms. The summed E-state index contributed by atoms with van der Waals surface area (Å²) in [7, 11) is 1.64. The highest BCUT2D eigenvalue weighted by Gasteiger charge is 2.32. The van der Waals surface area contributed by atoms with Gasteiger partial charge in [0, 0.05) is 28.9 Å². The third-order valence-electron chi connectivity index (χ3n) is 5.51. The van der Waals surface area contributed by atoms with Gasteiger partial charge in [0.15, 0.2) is 0 Å². The van der Waals surface area contributed by atoms with Gasteiger partial charge in [-0.2, -0.15) is 0 Å². The maximum atomic E-state index is 13.2. The van der Waals surface area contributed by atoms with Crippen LogP contribution in [0.3, 0.4) is 0 Å². The number of rotatable bonds is 5. The van der Waals surface area contributed by atoms with E-state index in [9.17, 15) is 14.4 Å². The Kier molecular flexibility index (Phi) is 7.12. The van der Waals surface area contributed by atoms with Crippen LogP contribution in [0.15, 0.2) is 83.9 Å². The van der Waals surface area contributed by atoms with E-state index in [4.69, 9.17) is 11.6 Å². The van der Waals surface area contributed by atoms with Crippen LogP contribution in [-0.2, 0) is 9.59 Å². The van der Waals surface area contributed by atoms with E-state index in [1.165, 1.54) is 11.8 Å². The largest absolute Gasteiger partial charge is 0.326 e. The Morgan fingerprint density at radius 2 is 1.63 bits per heavy atom. The second-order valence-corrected chi connectivity index (χ2v) is 8.43. The molecule has 1 aliphatic rings. The van der Waals surface area contributed by atoms with Gasteiger partial charge in [-0.1, -0.05) is 60.1 Å². The van der Waals surface area contributed by atoms with Crippen LogP contribution in [0.4, 0.5) is 16.2 Å². The Morgan fingerprint density at radius 3 is 2.34 bits per heavy atom. The first-order chi connectivity index (χ1) is 16.8. The molecule has 3 aromatic rings. The van der Waals surface area contributed by atoms with Crippen LogP contribution in [0.2, 0.25) is 5.02 Å². The number of halogens is 1. The molecule has 0 saturated heterocycles. The zero-order valence-electron chi connectivity index (χ0n) is 19.2. The summed E-state index contributed by atoms with van der Waals surface area (Å²) in [5.41, 5.74) is 3.39. The summed E-state index contributed by atoms with van der Waals surface area (Å²) in [6.07, 6.45) is -1.17. The fourth-order valence-electron chi connectivity index (χ4n) is 3.66. The highest BCUT2D eigenvalue weighted by molar-refractivity contribution is 6.30. The number of carbonyl (C=O) groups is 3. The van der Waals surface area contributed by atoms with Crippen molar-refractivity contribution in [2.45, 2.75) is 19.1 Å². The number of fused-ring (bicyclic) bond motifs is 1. The first kappa shape index (κ1) is 24.0. The molecule has 0 unspecified atom stereocenters. The number of anilines is 2. The number of para-hydroxylation sites is 1. The average molecular weight is 490 g/mol. The summed E-state index contributed by atoms with van der Waals surface area (Å²) in [6, 6.07) is 22.0. The first-order valence-electron chi connectivity index (χ1n) is 11.0. The van der Waals surface area contributed by atoms with Gasteiger partial charge in [0.05, 0.1) is 11.4 Å². The molecule has 178 valence electrons. The number of benzene rings is 3. The third-order valence-corrected chi connectivity index (χ3v) is 5.76. The Hall–Kier alpha value is -4.17. The highest BCUT2D eigenvalue weighted by Crippen LogP contribution is 2.27. The monoisotopic (exact) mass is 489 g/mol. The number of nitrogens with zero attached hydrogens (tertiary/aromatic N) is 2. The van der Waals surface area contributed by atoms with Crippen molar-refractivity contribution in [2.75, 3.05) is 17.3 Å². The van der Waals surface area contributed by atoms with Crippen molar-refractivity contribution in [3.05, 3.63) is 95.0 Å². The van der Waals surface area contributed by atoms with Crippen molar-refractivity contribution in [2.24, 2.45) is 4.99 Å². The van der Waals surface area contributed by atoms with E-state index in [1.807, 2.05) is 54.6 Å². The van der Waals surface area contributed by atoms with Crippen molar-refractivity contribution < 1.29 is 14.4 Å². The molecule has 0 spiro atoms. The lowest BCUT2D eigenvalue weighted by Gasteiger charge is -2.22. The molecular weight excluding hydrogens is 466 g/mol. The van der Waals surface area contributed by atoms with Crippen LogP contribution in [0, 0.1) is 0 Å². The smallest absolute Gasteiger partial charge is 0.319 e. The predicted molar refractivity (Wildman–Crippen MR) is 137 cm³/mol. The van der Waals surface area contributed by atoms with Gasteiger partial charge >= 0.3 is 6.03 Å². The molecule has 0 radical (unpaired) electrons. The van der Waals surface area contributed by atoms with Crippen molar-refractivity contribution >= 4 is 46.5 Å². The Balaban J connectivity index is 1.53. The quantitative estimate of drug-likeness (QED) is 0.507. The fourth-order valence-corrected chi connectivity index (χ4v) is 3.79. The zero-order chi connectivity index (χ0) is 24.9. The lowest BCUT2D eigenvalue weighted by molar-refractivity contribution is -0.128. The summed E-state index contributed by atoms with van der Waals surface area (Å²) >= 11 is 5.86. The van der Waals surface area contributed by atoms with Crippen molar-refractivity contribution in [3.63, 3.8) is 0 Å². The first-order valence-corrected chi connectivity index (χ1v) is 11.3.